The smallest absolute Gasteiger partial charge is 0.336 e. The molecule has 21 heavy (non-hydrogen) atoms. The van der Waals surface area contributed by atoms with Crippen LogP contribution in [0.4, 0.5) is 0 Å². The van der Waals surface area contributed by atoms with Gasteiger partial charge in [-0.3, -0.25) is 0 Å². The average molecular weight is 302 g/mol. The molecule has 0 N–H and O–H groups in total. The van der Waals surface area contributed by atoms with Gasteiger partial charge in [-0.2, -0.15) is 9.36 Å². The molecular weight excluding hydrogens is 288 g/mol. The van der Waals surface area contributed by atoms with Gasteiger partial charge in [0, 0.05) is 29.1 Å². The van der Waals surface area contributed by atoms with Gasteiger partial charge in [0.25, 0.3) is 5.19 Å². The quantitative estimate of drug-likeness (QED) is 0.687. The molecule has 5 nitrogen and oxygen atoms in total. The van der Waals surface area contributed by atoms with E-state index in [1.165, 1.54) is 11.5 Å². The molecule has 0 fully saturated rings. The highest BCUT2D eigenvalue weighted by molar-refractivity contribution is 7.07. The molecule has 0 aliphatic carbocycles. The van der Waals surface area contributed by atoms with Gasteiger partial charge < -0.3 is 9.15 Å². The molecular formula is C15H14N2O3S. The number of rotatable bonds is 4. The van der Waals surface area contributed by atoms with E-state index in [0.717, 1.165) is 23.8 Å². The standard InChI is InChI=1S/C15H14N2O3S/c1-3-4-10-7-14(18)20-13-8-11(5-6-12(10)13)19-15-16-9(2)17-21-15/h5-8H,3-4H2,1-2H3. The molecule has 1 aromatic carbocycles. The molecule has 108 valence electrons. The minimum Gasteiger partial charge on any atom is -0.430 e. The zero-order valence-corrected chi connectivity index (χ0v) is 12.6. The van der Waals surface area contributed by atoms with Crippen molar-refractivity contribution in [3.63, 3.8) is 0 Å². The van der Waals surface area contributed by atoms with Crippen LogP contribution < -0.4 is 10.4 Å². The molecule has 0 saturated carbocycles. The summed E-state index contributed by atoms with van der Waals surface area (Å²) in [6.45, 7) is 3.88. The lowest BCUT2D eigenvalue weighted by Crippen LogP contribution is -2.00. The van der Waals surface area contributed by atoms with Crippen molar-refractivity contribution in [3.05, 3.63) is 46.1 Å². The van der Waals surface area contributed by atoms with E-state index in [2.05, 4.69) is 16.3 Å². The van der Waals surface area contributed by atoms with Gasteiger partial charge in [-0.25, -0.2) is 4.79 Å². The van der Waals surface area contributed by atoms with Crippen LogP contribution in [0.3, 0.4) is 0 Å². The van der Waals surface area contributed by atoms with E-state index in [0.29, 0.717) is 22.4 Å². The molecule has 2 aromatic heterocycles. The first-order valence-corrected chi connectivity index (χ1v) is 7.48. The van der Waals surface area contributed by atoms with Crippen LogP contribution in [0, 0.1) is 6.92 Å². The van der Waals surface area contributed by atoms with E-state index in [1.54, 1.807) is 19.1 Å². The number of aromatic nitrogens is 2. The van der Waals surface area contributed by atoms with E-state index in [9.17, 15) is 4.79 Å². The van der Waals surface area contributed by atoms with Crippen LogP contribution >= 0.6 is 11.5 Å². The van der Waals surface area contributed by atoms with Crippen LogP contribution in [0.15, 0.2) is 33.5 Å². The Kier molecular flexibility index (Phi) is 3.70. The van der Waals surface area contributed by atoms with Crippen molar-refractivity contribution in [1.29, 1.82) is 0 Å². The lowest BCUT2D eigenvalue weighted by molar-refractivity contribution is 0.475. The molecule has 0 spiro atoms. The fraction of sp³-hybridized carbons (Fsp3) is 0.267. The predicted molar refractivity (Wildman–Crippen MR) is 81.2 cm³/mol. The molecule has 0 bridgehead atoms. The Labute approximate surface area is 125 Å². The van der Waals surface area contributed by atoms with Gasteiger partial charge in [-0.1, -0.05) is 13.3 Å². The van der Waals surface area contributed by atoms with Crippen molar-refractivity contribution < 1.29 is 9.15 Å². The second kappa shape index (κ2) is 5.65. The van der Waals surface area contributed by atoms with Gasteiger partial charge in [-0.15, -0.1) is 0 Å². The van der Waals surface area contributed by atoms with E-state index < -0.39 is 0 Å². The average Bonchev–Trinajstić information content (AvgIpc) is 2.84. The number of aryl methyl sites for hydroxylation is 2. The third kappa shape index (κ3) is 2.95. The molecule has 2 heterocycles. The number of ether oxygens (including phenoxy) is 1. The van der Waals surface area contributed by atoms with Gasteiger partial charge >= 0.3 is 5.63 Å². The number of hydrogen-bond acceptors (Lipinski definition) is 6. The molecule has 3 rings (SSSR count). The highest BCUT2D eigenvalue weighted by atomic mass is 32.1. The molecule has 0 radical (unpaired) electrons. The number of nitrogens with zero attached hydrogens (tertiary/aromatic N) is 2. The van der Waals surface area contributed by atoms with E-state index >= 15 is 0 Å². The maximum absolute atomic E-state index is 11.6. The van der Waals surface area contributed by atoms with Crippen molar-refractivity contribution in [1.82, 2.24) is 9.36 Å². The normalized spacial score (nSPS) is 11.0. The SMILES string of the molecule is CCCc1cc(=O)oc2cc(Oc3nc(C)ns3)ccc12. The zero-order valence-electron chi connectivity index (χ0n) is 11.8. The molecule has 0 saturated heterocycles. The summed E-state index contributed by atoms with van der Waals surface area (Å²) in [7, 11) is 0. The maximum Gasteiger partial charge on any atom is 0.336 e. The first-order chi connectivity index (χ1) is 10.2. The Balaban J connectivity index is 2.01. The molecule has 0 aliphatic heterocycles. The summed E-state index contributed by atoms with van der Waals surface area (Å²) in [5.41, 5.74) is 1.20. The van der Waals surface area contributed by atoms with Gasteiger partial charge in [-0.05, 0) is 31.0 Å². The fourth-order valence-corrected chi connectivity index (χ4v) is 2.73. The number of benzene rings is 1. The molecule has 0 aliphatic rings. The first kappa shape index (κ1) is 13.8. The molecule has 0 amide bonds. The van der Waals surface area contributed by atoms with Crippen molar-refractivity contribution >= 4 is 22.5 Å². The summed E-state index contributed by atoms with van der Waals surface area (Å²) in [5, 5.41) is 1.41. The van der Waals surface area contributed by atoms with Crippen molar-refractivity contribution in [2.75, 3.05) is 0 Å². The van der Waals surface area contributed by atoms with Gasteiger partial charge in [0.2, 0.25) is 0 Å². The van der Waals surface area contributed by atoms with E-state index in [4.69, 9.17) is 9.15 Å². The van der Waals surface area contributed by atoms with Crippen LogP contribution in [0.1, 0.15) is 24.7 Å². The third-order valence-corrected chi connectivity index (χ3v) is 3.72. The van der Waals surface area contributed by atoms with Crippen LogP contribution in [0.2, 0.25) is 0 Å². The summed E-state index contributed by atoms with van der Waals surface area (Å²) in [6.07, 6.45) is 1.82. The second-order valence-corrected chi connectivity index (χ2v) is 5.42. The largest absolute Gasteiger partial charge is 0.430 e. The Morgan fingerprint density at radius 1 is 1.33 bits per heavy atom. The number of hydrogen-bond donors (Lipinski definition) is 0. The Hall–Kier alpha value is -2.21. The minimum absolute atomic E-state index is 0.338. The molecule has 3 aromatic rings. The highest BCUT2D eigenvalue weighted by Gasteiger charge is 2.08. The van der Waals surface area contributed by atoms with Gasteiger partial charge in [0.05, 0.1) is 0 Å². The van der Waals surface area contributed by atoms with Crippen LogP contribution in [0.25, 0.3) is 11.0 Å². The monoisotopic (exact) mass is 302 g/mol. The zero-order chi connectivity index (χ0) is 14.8. The molecule has 0 atom stereocenters. The Morgan fingerprint density at radius 3 is 2.90 bits per heavy atom. The summed E-state index contributed by atoms with van der Waals surface area (Å²) < 4.78 is 15.0. The topological polar surface area (TPSA) is 65.2 Å². The van der Waals surface area contributed by atoms with E-state index in [1.807, 2.05) is 12.1 Å². The fourth-order valence-electron chi connectivity index (χ4n) is 2.17. The summed E-state index contributed by atoms with van der Waals surface area (Å²) in [4.78, 5) is 15.8. The second-order valence-electron chi connectivity index (χ2n) is 4.71. The lowest BCUT2D eigenvalue weighted by Gasteiger charge is -2.06. The summed E-state index contributed by atoms with van der Waals surface area (Å²) in [5.74, 6) is 1.25. The van der Waals surface area contributed by atoms with Crippen LogP contribution in [-0.2, 0) is 6.42 Å². The molecule has 6 heteroatoms. The number of fused-ring (bicyclic) bond motifs is 1. The highest BCUT2D eigenvalue weighted by Crippen LogP contribution is 2.27. The maximum atomic E-state index is 11.6. The van der Waals surface area contributed by atoms with E-state index in [-0.39, 0.29) is 5.63 Å². The lowest BCUT2D eigenvalue weighted by atomic mass is 10.1. The van der Waals surface area contributed by atoms with Crippen molar-refractivity contribution in [2.24, 2.45) is 0 Å². The molecule has 0 unspecified atom stereocenters. The van der Waals surface area contributed by atoms with Crippen molar-refractivity contribution in [3.8, 4) is 10.9 Å². The third-order valence-electron chi connectivity index (χ3n) is 3.04. The predicted octanol–water partition coefficient (Wildman–Crippen LogP) is 3.70. The van der Waals surface area contributed by atoms with Crippen LogP contribution in [-0.4, -0.2) is 9.36 Å². The summed E-state index contributed by atoms with van der Waals surface area (Å²) >= 11 is 1.19. The van der Waals surface area contributed by atoms with Crippen molar-refractivity contribution in [2.45, 2.75) is 26.7 Å². The van der Waals surface area contributed by atoms with Crippen LogP contribution in [0.5, 0.6) is 10.9 Å². The Bertz CT molecular complexity index is 838. The van der Waals surface area contributed by atoms with Gasteiger partial charge in [0.1, 0.15) is 17.2 Å². The Morgan fingerprint density at radius 2 is 2.19 bits per heavy atom. The summed E-state index contributed by atoms with van der Waals surface area (Å²) in [6, 6.07) is 7.03. The minimum atomic E-state index is -0.338. The first-order valence-electron chi connectivity index (χ1n) is 6.70. The van der Waals surface area contributed by atoms with Gasteiger partial charge in [0.15, 0.2) is 0 Å².